The number of hydrogen-bond acceptors (Lipinski definition) is 8. The van der Waals surface area contributed by atoms with Crippen LogP contribution < -0.4 is 0 Å². The van der Waals surface area contributed by atoms with Gasteiger partial charge in [-0.3, -0.25) is 9.69 Å². The van der Waals surface area contributed by atoms with Gasteiger partial charge >= 0.3 is 6.16 Å². The van der Waals surface area contributed by atoms with Crippen LogP contribution in [0.15, 0.2) is 24.0 Å². The number of rotatable bonds is 5. The van der Waals surface area contributed by atoms with Crippen LogP contribution in [0, 0.1) is 12.8 Å². The lowest BCUT2D eigenvalue weighted by Crippen LogP contribution is -2.58. The second kappa shape index (κ2) is 6.34. The van der Waals surface area contributed by atoms with Crippen molar-refractivity contribution >= 4 is 40.1 Å². The van der Waals surface area contributed by atoms with Gasteiger partial charge in [-0.2, -0.15) is 0 Å². The van der Waals surface area contributed by atoms with Gasteiger partial charge in [0.05, 0.1) is 28.6 Å². The minimum absolute atomic E-state index is 0.0148. The largest absolute Gasteiger partial charge is 0.515 e. The van der Waals surface area contributed by atoms with Crippen molar-refractivity contribution in [3.8, 4) is 0 Å². The standard InChI is InChI=1S/C14H14N2O5S2/c1-3-4-20-14(19)21-12-10(9-7(2)22-6-15-9)23-13-8(5-17)11(18)16(12)13/h3,6,8,13,17H,1,4-5H2,2H3/t8-,13+/m0/s1. The summed E-state index contributed by atoms with van der Waals surface area (Å²) in [6.07, 6.45) is 0.510. The lowest BCUT2D eigenvalue weighted by atomic mass is 10.00. The number of aliphatic hydroxyl groups is 1. The van der Waals surface area contributed by atoms with E-state index in [0.717, 1.165) is 4.88 Å². The van der Waals surface area contributed by atoms with Gasteiger partial charge in [0.25, 0.3) is 0 Å². The van der Waals surface area contributed by atoms with Crippen molar-refractivity contribution in [3.05, 3.63) is 34.6 Å². The van der Waals surface area contributed by atoms with E-state index >= 15 is 0 Å². The van der Waals surface area contributed by atoms with Gasteiger partial charge in [0.15, 0.2) is 0 Å². The Balaban J connectivity index is 1.91. The molecule has 0 saturated carbocycles. The second-order valence-corrected chi connectivity index (χ2v) is 7.03. The van der Waals surface area contributed by atoms with Crippen molar-refractivity contribution in [2.24, 2.45) is 5.92 Å². The Kier molecular flexibility index (Phi) is 4.42. The molecule has 9 heteroatoms. The van der Waals surface area contributed by atoms with E-state index in [1.54, 1.807) is 5.51 Å². The maximum absolute atomic E-state index is 12.1. The molecule has 0 unspecified atom stereocenters. The molecule has 2 aliphatic heterocycles. The molecule has 3 heterocycles. The van der Waals surface area contributed by atoms with Gasteiger partial charge in [-0.15, -0.1) is 11.3 Å². The van der Waals surface area contributed by atoms with E-state index < -0.39 is 12.1 Å². The number of aliphatic hydroxyl groups excluding tert-OH is 1. The van der Waals surface area contributed by atoms with E-state index in [1.807, 2.05) is 6.92 Å². The molecule has 7 nitrogen and oxygen atoms in total. The van der Waals surface area contributed by atoms with Crippen molar-refractivity contribution < 1.29 is 24.2 Å². The molecule has 2 atom stereocenters. The second-order valence-electron chi connectivity index (χ2n) is 4.85. The third-order valence-corrected chi connectivity index (χ3v) is 5.60. The number of amides is 1. The third-order valence-electron chi connectivity index (χ3n) is 3.46. The zero-order valence-electron chi connectivity index (χ0n) is 12.2. The number of thioether (sulfide) groups is 1. The first kappa shape index (κ1) is 16.0. The maximum atomic E-state index is 12.1. The first-order valence-electron chi connectivity index (χ1n) is 6.79. The number of fused-ring (bicyclic) bond motifs is 1. The number of aromatic nitrogens is 1. The highest BCUT2D eigenvalue weighted by atomic mass is 32.2. The van der Waals surface area contributed by atoms with E-state index in [9.17, 15) is 14.7 Å². The topological polar surface area (TPSA) is 89.0 Å². The summed E-state index contributed by atoms with van der Waals surface area (Å²) >= 11 is 2.82. The molecule has 0 radical (unpaired) electrons. The number of carbonyl (C=O) groups excluding carboxylic acids is 2. The molecule has 0 bridgehead atoms. The number of aryl methyl sites for hydroxylation is 1. The van der Waals surface area contributed by atoms with Crippen LogP contribution in [0.3, 0.4) is 0 Å². The van der Waals surface area contributed by atoms with E-state index in [0.29, 0.717) is 10.6 Å². The summed E-state index contributed by atoms with van der Waals surface area (Å²) in [5.74, 6) is -0.656. The molecule has 0 aliphatic carbocycles. The highest BCUT2D eigenvalue weighted by molar-refractivity contribution is 8.09. The van der Waals surface area contributed by atoms with Crippen LogP contribution in [-0.4, -0.2) is 45.6 Å². The van der Waals surface area contributed by atoms with E-state index in [1.165, 1.54) is 34.1 Å². The number of carbonyl (C=O) groups is 2. The van der Waals surface area contributed by atoms with Crippen LogP contribution in [0.5, 0.6) is 0 Å². The van der Waals surface area contributed by atoms with Crippen molar-refractivity contribution in [3.63, 3.8) is 0 Å². The molecule has 122 valence electrons. The van der Waals surface area contributed by atoms with E-state index in [-0.39, 0.29) is 30.4 Å². The Morgan fingerprint density at radius 3 is 3.00 bits per heavy atom. The molecule has 1 aromatic heterocycles. The molecule has 23 heavy (non-hydrogen) atoms. The highest BCUT2D eigenvalue weighted by Gasteiger charge is 2.56. The molecule has 0 aromatic carbocycles. The number of thiazole rings is 1. The molecule has 1 amide bonds. The lowest BCUT2D eigenvalue weighted by molar-refractivity contribution is -0.151. The summed E-state index contributed by atoms with van der Waals surface area (Å²) in [4.78, 5) is 31.1. The predicted octanol–water partition coefficient (Wildman–Crippen LogP) is 1.94. The smallest absolute Gasteiger partial charge is 0.430 e. The van der Waals surface area contributed by atoms with Crippen LogP contribution in [0.4, 0.5) is 4.79 Å². The fourth-order valence-electron chi connectivity index (χ4n) is 2.33. The van der Waals surface area contributed by atoms with Crippen molar-refractivity contribution in [1.29, 1.82) is 0 Å². The molecule has 1 aromatic rings. The average molecular weight is 354 g/mol. The van der Waals surface area contributed by atoms with Crippen LogP contribution in [0.1, 0.15) is 10.6 Å². The van der Waals surface area contributed by atoms with Crippen LogP contribution >= 0.6 is 23.1 Å². The maximum Gasteiger partial charge on any atom is 0.515 e. The lowest BCUT2D eigenvalue weighted by Gasteiger charge is -2.40. The molecule has 1 saturated heterocycles. The fraction of sp³-hybridized carbons (Fsp3) is 0.357. The Bertz CT molecular complexity index is 699. The van der Waals surface area contributed by atoms with Crippen LogP contribution in [0.25, 0.3) is 4.91 Å². The van der Waals surface area contributed by atoms with Gasteiger partial charge in [0.2, 0.25) is 11.8 Å². The number of nitrogens with zero attached hydrogens (tertiary/aromatic N) is 2. The van der Waals surface area contributed by atoms with Gasteiger partial charge in [-0.25, -0.2) is 9.78 Å². The van der Waals surface area contributed by atoms with Crippen LogP contribution in [0.2, 0.25) is 0 Å². The van der Waals surface area contributed by atoms with Gasteiger partial charge in [0, 0.05) is 4.88 Å². The predicted molar refractivity (Wildman–Crippen MR) is 85.2 cm³/mol. The molecule has 1 N–H and O–H groups in total. The third kappa shape index (κ3) is 2.64. The monoisotopic (exact) mass is 354 g/mol. The minimum atomic E-state index is -0.910. The molecule has 1 fully saturated rings. The van der Waals surface area contributed by atoms with E-state index in [4.69, 9.17) is 9.47 Å². The summed E-state index contributed by atoms with van der Waals surface area (Å²) in [5, 5.41) is 9.04. The quantitative estimate of drug-likeness (QED) is 0.491. The van der Waals surface area contributed by atoms with Gasteiger partial charge in [-0.05, 0) is 6.92 Å². The average Bonchev–Trinajstić information content (AvgIpc) is 3.07. The normalized spacial score (nSPS) is 22.7. The van der Waals surface area contributed by atoms with Crippen molar-refractivity contribution in [2.75, 3.05) is 13.2 Å². The molecule has 3 rings (SSSR count). The van der Waals surface area contributed by atoms with E-state index in [2.05, 4.69) is 11.6 Å². The molecular weight excluding hydrogens is 340 g/mol. The van der Waals surface area contributed by atoms with Crippen molar-refractivity contribution in [2.45, 2.75) is 12.3 Å². The Morgan fingerprint density at radius 2 is 2.39 bits per heavy atom. The number of hydrogen-bond donors (Lipinski definition) is 1. The molecule has 2 aliphatic rings. The summed E-state index contributed by atoms with van der Waals surface area (Å²) in [6, 6.07) is 0. The number of β-lactam (4-membered cyclic amide) rings is 1. The highest BCUT2D eigenvalue weighted by Crippen LogP contribution is 2.53. The summed E-state index contributed by atoms with van der Waals surface area (Å²) in [6.45, 7) is 5.12. The number of ether oxygens (including phenoxy) is 2. The van der Waals surface area contributed by atoms with Crippen molar-refractivity contribution in [1.82, 2.24) is 9.88 Å². The summed E-state index contributed by atoms with van der Waals surface area (Å²) < 4.78 is 10.1. The first-order chi connectivity index (χ1) is 11.1. The zero-order chi connectivity index (χ0) is 16.6. The van der Waals surface area contributed by atoms with Crippen LogP contribution in [-0.2, 0) is 14.3 Å². The van der Waals surface area contributed by atoms with Gasteiger partial charge in [0.1, 0.15) is 12.0 Å². The molecular formula is C14H14N2O5S2. The Labute approximate surface area is 140 Å². The Hall–Kier alpha value is -1.84. The summed E-state index contributed by atoms with van der Waals surface area (Å²) in [5.41, 5.74) is 2.36. The first-order valence-corrected chi connectivity index (χ1v) is 8.55. The minimum Gasteiger partial charge on any atom is -0.430 e. The zero-order valence-corrected chi connectivity index (χ0v) is 13.9. The van der Waals surface area contributed by atoms with Gasteiger partial charge < -0.3 is 14.6 Å². The van der Waals surface area contributed by atoms with Gasteiger partial charge in [-0.1, -0.05) is 24.4 Å². The SMILES string of the molecule is C=CCOC(=O)OC1=C(c2ncsc2C)S[C@@H]2[C@@H](CO)C(=O)N12. The fourth-order valence-corrected chi connectivity index (χ4v) is 4.45. The molecule has 0 spiro atoms. The summed E-state index contributed by atoms with van der Waals surface area (Å²) in [7, 11) is 0. The Morgan fingerprint density at radius 1 is 1.61 bits per heavy atom.